The molecule has 1 aromatic heterocycles. The van der Waals surface area contributed by atoms with E-state index in [1.54, 1.807) is 24.3 Å². The number of aromatic nitrogens is 2. The van der Waals surface area contributed by atoms with Gasteiger partial charge in [0.15, 0.2) is 0 Å². The molecule has 1 amide bonds. The van der Waals surface area contributed by atoms with Gasteiger partial charge in [0.1, 0.15) is 6.07 Å². The minimum atomic E-state index is -0.489. The van der Waals surface area contributed by atoms with Crippen LogP contribution in [0.3, 0.4) is 0 Å². The molecule has 0 unspecified atom stereocenters. The number of nitrogens with two attached hydrogens (primary N) is 1. The van der Waals surface area contributed by atoms with Crippen LogP contribution in [0.15, 0.2) is 28.9 Å². The van der Waals surface area contributed by atoms with Gasteiger partial charge in [-0.05, 0) is 22.4 Å². The number of amides is 1. The third-order valence-corrected chi connectivity index (χ3v) is 2.41. The van der Waals surface area contributed by atoms with Crippen LogP contribution in [0.5, 0.6) is 0 Å². The van der Waals surface area contributed by atoms with Gasteiger partial charge in [-0.2, -0.15) is 5.26 Å². The lowest BCUT2D eigenvalue weighted by molar-refractivity contribution is 0.0984. The Bertz CT molecular complexity index is 628. The van der Waals surface area contributed by atoms with E-state index in [-0.39, 0.29) is 11.5 Å². The Kier molecular flexibility index (Phi) is 2.93. The number of hydrogen-bond donors (Lipinski definition) is 1. The third-order valence-electron chi connectivity index (χ3n) is 2.41. The maximum Gasteiger partial charge on any atom is 0.284 e. The van der Waals surface area contributed by atoms with Crippen LogP contribution in [0.4, 0.5) is 11.5 Å². The number of nitrogen functional groups attached to an aromatic ring is 1. The smallest absolute Gasteiger partial charge is 0.284 e. The summed E-state index contributed by atoms with van der Waals surface area (Å²) in [6.45, 7) is 0. The number of carbonyl (C=O) groups excluding carboxylic acids is 1. The lowest BCUT2D eigenvalue weighted by Crippen LogP contribution is -2.28. The maximum absolute atomic E-state index is 12.1. The summed E-state index contributed by atoms with van der Waals surface area (Å²) >= 11 is 0. The van der Waals surface area contributed by atoms with Crippen molar-refractivity contribution in [2.75, 3.05) is 17.7 Å². The summed E-state index contributed by atoms with van der Waals surface area (Å²) in [6, 6.07) is 8.72. The first-order chi connectivity index (χ1) is 8.65. The average Bonchev–Trinajstić information content (AvgIpc) is 2.83. The summed E-state index contributed by atoms with van der Waals surface area (Å²) in [5, 5.41) is 15.7. The number of nitrogens with zero attached hydrogens (tertiary/aromatic N) is 4. The minimum Gasteiger partial charge on any atom is -0.379 e. The van der Waals surface area contributed by atoms with Crippen molar-refractivity contribution in [2.45, 2.75) is 0 Å². The van der Waals surface area contributed by atoms with E-state index in [1.165, 1.54) is 11.9 Å². The first-order valence-electron chi connectivity index (χ1n) is 5.00. The van der Waals surface area contributed by atoms with Crippen molar-refractivity contribution in [2.24, 2.45) is 0 Å². The van der Waals surface area contributed by atoms with Crippen LogP contribution in [0.2, 0.25) is 0 Å². The highest BCUT2D eigenvalue weighted by atomic mass is 16.6. The molecule has 0 saturated carbocycles. The van der Waals surface area contributed by atoms with E-state index in [4.69, 9.17) is 11.0 Å². The molecule has 0 radical (unpaired) electrons. The number of benzene rings is 1. The maximum atomic E-state index is 12.1. The fraction of sp³-hybridized carbons (Fsp3) is 0.0909. The number of carbonyl (C=O) groups is 1. The molecule has 0 spiro atoms. The molecule has 1 heterocycles. The fourth-order valence-corrected chi connectivity index (χ4v) is 1.47. The second kappa shape index (κ2) is 4.55. The highest BCUT2D eigenvalue weighted by Crippen LogP contribution is 2.20. The quantitative estimate of drug-likeness (QED) is 0.835. The zero-order valence-corrected chi connectivity index (χ0v) is 9.49. The van der Waals surface area contributed by atoms with Crippen LogP contribution >= 0.6 is 0 Å². The molecule has 0 bridgehead atoms. The van der Waals surface area contributed by atoms with E-state index < -0.39 is 5.91 Å². The van der Waals surface area contributed by atoms with Crippen molar-refractivity contribution in [1.82, 2.24) is 10.3 Å². The highest BCUT2D eigenvalue weighted by molar-refractivity contribution is 6.07. The van der Waals surface area contributed by atoms with Crippen LogP contribution in [-0.2, 0) is 0 Å². The number of rotatable bonds is 2. The van der Waals surface area contributed by atoms with Gasteiger partial charge < -0.3 is 10.6 Å². The van der Waals surface area contributed by atoms with Gasteiger partial charge in [0.2, 0.25) is 11.5 Å². The average molecular weight is 243 g/mol. The molecule has 1 aromatic carbocycles. The van der Waals surface area contributed by atoms with Crippen LogP contribution in [0.25, 0.3) is 0 Å². The predicted octanol–water partition coefficient (Wildman–Crippen LogP) is 0.800. The predicted molar refractivity (Wildman–Crippen MR) is 62.6 cm³/mol. The van der Waals surface area contributed by atoms with Gasteiger partial charge in [-0.15, -0.1) is 0 Å². The van der Waals surface area contributed by atoms with Crippen LogP contribution in [-0.4, -0.2) is 23.3 Å². The molecule has 2 rings (SSSR count). The molecule has 0 fully saturated rings. The Morgan fingerprint density at radius 2 is 2.17 bits per heavy atom. The Morgan fingerprint density at radius 3 is 2.78 bits per heavy atom. The van der Waals surface area contributed by atoms with Crippen molar-refractivity contribution < 1.29 is 9.42 Å². The summed E-state index contributed by atoms with van der Waals surface area (Å²) in [7, 11) is 1.52. The molecule has 0 aliphatic heterocycles. The fourth-order valence-electron chi connectivity index (χ4n) is 1.47. The zero-order valence-electron chi connectivity index (χ0n) is 9.49. The van der Waals surface area contributed by atoms with Gasteiger partial charge in [-0.25, -0.2) is 4.63 Å². The van der Waals surface area contributed by atoms with Gasteiger partial charge in [0.05, 0.1) is 11.3 Å². The summed E-state index contributed by atoms with van der Waals surface area (Å²) < 4.78 is 4.37. The lowest BCUT2D eigenvalue weighted by Gasteiger charge is -2.16. The van der Waals surface area contributed by atoms with Gasteiger partial charge >= 0.3 is 0 Å². The lowest BCUT2D eigenvalue weighted by atomic mass is 10.1. The Hall–Kier alpha value is -2.88. The van der Waals surface area contributed by atoms with E-state index in [9.17, 15) is 4.79 Å². The molecule has 7 heteroatoms. The van der Waals surface area contributed by atoms with E-state index in [0.717, 1.165) is 0 Å². The monoisotopic (exact) mass is 243 g/mol. The molecule has 7 nitrogen and oxygen atoms in total. The van der Waals surface area contributed by atoms with Crippen molar-refractivity contribution in [3.63, 3.8) is 0 Å². The zero-order chi connectivity index (χ0) is 13.1. The number of nitriles is 1. The normalized spacial score (nSPS) is 9.78. The molecule has 0 saturated heterocycles. The van der Waals surface area contributed by atoms with Crippen molar-refractivity contribution in [1.29, 1.82) is 5.26 Å². The van der Waals surface area contributed by atoms with Crippen molar-refractivity contribution in [3.8, 4) is 6.07 Å². The van der Waals surface area contributed by atoms with Gasteiger partial charge in [0.25, 0.3) is 5.91 Å². The number of hydrogen-bond acceptors (Lipinski definition) is 6. The molecule has 0 aliphatic rings. The Morgan fingerprint density at radius 1 is 1.44 bits per heavy atom. The van der Waals surface area contributed by atoms with Gasteiger partial charge in [0, 0.05) is 7.05 Å². The second-order valence-corrected chi connectivity index (χ2v) is 3.49. The third kappa shape index (κ3) is 1.87. The molecule has 2 aromatic rings. The molecule has 0 atom stereocenters. The standard InChI is InChI=1S/C11H9N5O2/c1-16(8-5-3-2-4-7(8)6-12)11(17)9-10(13)15-18-14-9/h2-5H,1H3,(H2,13,15). The largest absolute Gasteiger partial charge is 0.379 e. The summed E-state index contributed by atoms with van der Waals surface area (Å²) in [5.41, 5.74) is 6.21. The second-order valence-electron chi connectivity index (χ2n) is 3.49. The van der Waals surface area contributed by atoms with Gasteiger partial charge in [-0.3, -0.25) is 4.79 Å². The first kappa shape index (κ1) is 11.6. The van der Waals surface area contributed by atoms with Gasteiger partial charge in [-0.1, -0.05) is 12.1 Å². The SMILES string of the molecule is CN(C(=O)c1nonc1N)c1ccccc1C#N. The van der Waals surface area contributed by atoms with Crippen LogP contribution < -0.4 is 10.6 Å². The van der Waals surface area contributed by atoms with E-state index in [2.05, 4.69) is 14.9 Å². The summed E-state index contributed by atoms with van der Waals surface area (Å²) in [5.74, 6) is -0.572. The topological polar surface area (TPSA) is 109 Å². The molecule has 2 N–H and O–H groups in total. The Balaban J connectivity index is 2.38. The van der Waals surface area contributed by atoms with E-state index in [0.29, 0.717) is 11.3 Å². The van der Waals surface area contributed by atoms with Crippen LogP contribution in [0, 0.1) is 11.3 Å². The Labute approximate surface area is 102 Å². The molecule has 90 valence electrons. The molecule has 18 heavy (non-hydrogen) atoms. The number of anilines is 2. The van der Waals surface area contributed by atoms with E-state index >= 15 is 0 Å². The number of para-hydroxylation sites is 1. The molecular weight excluding hydrogens is 234 g/mol. The minimum absolute atomic E-state index is 0.0785. The summed E-state index contributed by atoms with van der Waals surface area (Å²) in [4.78, 5) is 13.3. The van der Waals surface area contributed by atoms with E-state index in [1.807, 2.05) is 6.07 Å². The highest BCUT2D eigenvalue weighted by Gasteiger charge is 2.22. The molecular formula is C11H9N5O2. The van der Waals surface area contributed by atoms with Crippen molar-refractivity contribution in [3.05, 3.63) is 35.5 Å². The first-order valence-corrected chi connectivity index (χ1v) is 5.00. The van der Waals surface area contributed by atoms with Crippen LogP contribution in [0.1, 0.15) is 16.1 Å². The van der Waals surface area contributed by atoms with Crippen molar-refractivity contribution >= 4 is 17.4 Å². The summed E-state index contributed by atoms with van der Waals surface area (Å²) in [6.07, 6.45) is 0. The molecule has 0 aliphatic carbocycles.